The van der Waals surface area contributed by atoms with E-state index in [1.807, 2.05) is 13.0 Å². The van der Waals surface area contributed by atoms with Crippen LogP contribution >= 0.6 is 0 Å². The highest BCUT2D eigenvalue weighted by Gasteiger charge is 2.11. The first-order valence-electron chi connectivity index (χ1n) is 6.30. The number of aryl methyl sites for hydroxylation is 1. The highest BCUT2D eigenvalue weighted by atomic mass is 16.5. The van der Waals surface area contributed by atoms with Gasteiger partial charge in [0.25, 0.3) is 0 Å². The highest BCUT2D eigenvalue weighted by molar-refractivity contribution is 5.70. The van der Waals surface area contributed by atoms with E-state index in [2.05, 4.69) is 35.9 Å². The van der Waals surface area contributed by atoms with Crippen LogP contribution in [0, 0.1) is 6.92 Å². The first kappa shape index (κ1) is 13.3. The van der Waals surface area contributed by atoms with Gasteiger partial charge in [0.05, 0.1) is 12.8 Å². The van der Waals surface area contributed by atoms with Crippen molar-refractivity contribution in [2.24, 2.45) is 0 Å². The molecule has 0 fully saturated rings. The lowest BCUT2D eigenvalue weighted by Gasteiger charge is -2.13. The van der Waals surface area contributed by atoms with E-state index in [0.717, 1.165) is 17.0 Å². The lowest BCUT2D eigenvalue weighted by atomic mass is 9.98. The quantitative estimate of drug-likeness (QED) is 0.917. The minimum atomic E-state index is 0.449. The van der Waals surface area contributed by atoms with Gasteiger partial charge >= 0.3 is 0 Å². The number of hydrogen-bond acceptors (Lipinski definition) is 4. The number of rotatable bonds is 3. The molecule has 0 bridgehead atoms. The molecule has 4 heteroatoms. The lowest BCUT2D eigenvalue weighted by Crippen LogP contribution is -1.99. The molecule has 100 valence electrons. The van der Waals surface area contributed by atoms with Crippen molar-refractivity contribution in [3.8, 4) is 17.0 Å². The van der Waals surface area contributed by atoms with Crippen LogP contribution in [-0.4, -0.2) is 17.1 Å². The van der Waals surface area contributed by atoms with Crippen LogP contribution in [0.3, 0.4) is 0 Å². The smallest absolute Gasteiger partial charge is 0.128 e. The fourth-order valence-corrected chi connectivity index (χ4v) is 2.01. The summed E-state index contributed by atoms with van der Waals surface area (Å²) in [6.45, 7) is 6.15. The van der Waals surface area contributed by atoms with Crippen LogP contribution in [0.4, 0.5) is 5.82 Å². The van der Waals surface area contributed by atoms with Gasteiger partial charge in [-0.2, -0.15) is 0 Å². The number of nitrogens with zero attached hydrogens (tertiary/aromatic N) is 2. The van der Waals surface area contributed by atoms with Gasteiger partial charge in [-0.1, -0.05) is 19.9 Å². The van der Waals surface area contributed by atoms with Crippen LogP contribution in [0.25, 0.3) is 11.3 Å². The summed E-state index contributed by atoms with van der Waals surface area (Å²) in [5.41, 5.74) is 8.78. The zero-order valence-corrected chi connectivity index (χ0v) is 11.8. The van der Waals surface area contributed by atoms with E-state index in [1.54, 1.807) is 13.2 Å². The maximum absolute atomic E-state index is 5.79. The van der Waals surface area contributed by atoms with Crippen LogP contribution in [0.2, 0.25) is 0 Å². The normalized spacial score (nSPS) is 10.8. The molecule has 0 amide bonds. The van der Waals surface area contributed by atoms with Crippen LogP contribution in [0.15, 0.2) is 24.3 Å². The molecule has 2 rings (SSSR count). The Kier molecular flexibility index (Phi) is 3.69. The molecule has 4 nitrogen and oxygen atoms in total. The second-order valence-electron chi connectivity index (χ2n) is 4.84. The van der Waals surface area contributed by atoms with Crippen LogP contribution in [0.1, 0.15) is 31.2 Å². The first-order chi connectivity index (χ1) is 9.01. The van der Waals surface area contributed by atoms with Crippen molar-refractivity contribution in [3.05, 3.63) is 35.7 Å². The Bertz CT molecular complexity index is 574. The standard InChI is InChI=1S/C15H19N3O/c1-9(2)11-5-6-14(19-4)12(7-11)13-8-15(16)18-10(3)17-13/h5-9H,1-4H3,(H2,16,17,18). The number of benzene rings is 1. The molecule has 0 spiro atoms. The van der Waals surface area contributed by atoms with E-state index in [4.69, 9.17) is 10.5 Å². The molecule has 0 unspecified atom stereocenters. The van der Waals surface area contributed by atoms with Crippen LogP contribution in [-0.2, 0) is 0 Å². The zero-order valence-electron chi connectivity index (χ0n) is 11.8. The van der Waals surface area contributed by atoms with Crippen molar-refractivity contribution in [3.63, 3.8) is 0 Å². The minimum Gasteiger partial charge on any atom is -0.496 e. The molecule has 1 aromatic heterocycles. The summed E-state index contributed by atoms with van der Waals surface area (Å²) in [5.74, 6) is 2.37. The monoisotopic (exact) mass is 257 g/mol. The third kappa shape index (κ3) is 2.84. The van der Waals surface area contributed by atoms with Gasteiger partial charge in [0.2, 0.25) is 0 Å². The molecular weight excluding hydrogens is 238 g/mol. The second kappa shape index (κ2) is 5.26. The Morgan fingerprint density at radius 2 is 1.89 bits per heavy atom. The van der Waals surface area contributed by atoms with E-state index in [1.165, 1.54) is 5.56 Å². The van der Waals surface area contributed by atoms with E-state index in [0.29, 0.717) is 17.6 Å². The number of hydrogen-bond donors (Lipinski definition) is 1. The summed E-state index contributed by atoms with van der Waals surface area (Å²) in [4.78, 5) is 8.54. The predicted octanol–water partition coefficient (Wildman–Crippen LogP) is 3.17. The van der Waals surface area contributed by atoms with Crippen molar-refractivity contribution in [1.82, 2.24) is 9.97 Å². The Labute approximate surface area is 113 Å². The first-order valence-corrected chi connectivity index (χ1v) is 6.30. The predicted molar refractivity (Wildman–Crippen MR) is 77.3 cm³/mol. The van der Waals surface area contributed by atoms with Gasteiger partial charge in [-0.25, -0.2) is 9.97 Å². The number of aromatic nitrogens is 2. The Hall–Kier alpha value is -2.10. The molecule has 0 saturated carbocycles. The van der Waals surface area contributed by atoms with Crippen molar-refractivity contribution in [2.75, 3.05) is 12.8 Å². The fraction of sp³-hybridized carbons (Fsp3) is 0.333. The average molecular weight is 257 g/mol. The summed E-state index contributed by atoms with van der Waals surface area (Å²) >= 11 is 0. The number of nitrogen functional groups attached to an aromatic ring is 1. The van der Waals surface area contributed by atoms with Gasteiger partial charge in [0.1, 0.15) is 17.4 Å². The van der Waals surface area contributed by atoms with Crippen molar-refractivity contribution in [1.29, 1.82) is 0 Å². The van der Waals surface area contributed by atoms with E-state index in [9.17, 15) is 0 Å². The molecule has 0 radical (unpaired) electrons. The summed E-state index contributed by atoms with van der Waals surface area (Å²) in [5, 5.41) is 0. The molecule has 1 aromatic carbocycles. The number of anilines is 1. The van der Waals surface area contributed by atoms with Gasteiger partial charge in [0, 0.05) is 11.6 Å². The zero-order chi connectivity index (χ0) is 14.0. The molecule has 0 saturated heterocycles. The van der Waals surface area contributed by atoms with Gasteiger partial charge in [-0.05, 0) is 30.5 Å². The number of nitrogens with two attached hydrogens (primary N) is 1. The molecule has 1 heterocycles. The van der Waals surface area contributed by atoms with Gasteiger partial charge < -0.3 is 10.5 Å². The molecule has 0 atom stereocenters. The maximum Gasteiger partial charge on any atom is 0.128 e. The Balaban J connectivity index is 2.61. The SMILES string of the molecule is COc1ccc(C(C)C)cc1-c1cc(N)nc(C)n1. The molecule has 0 aliphatic carbocycles. The fourth-order valence-electron chi connectivity index (χ4n) is 2.01. The second-order valence-corrected chi connectivity index (χ2v) is 4.84. The highest BCUT2D eigenvalue weighted by Crippen LogP contribution is 2.32. The molecule has 0 aliphatic rings. The van der Waals surface area contributed by atoms with E-state index in [-0.39, 0.29) is 0 Å². The third-order valence-corrected chi connectivity index (χ3v) is 3.02. The van der Waals surface area contributed by atoms with Crippen molar-refractivity contribution < 1.29 is 4.74 Å². The molecule has 0 aliphatic heterocycles. The van der Waals surface area contributed by atoms with Crippen molar-refractivity contribution >= 4 is 5.82 Å². The van der Waals surface area contributed by atoms with Gasteiger partial charge in [-0.3, -0.25) is 0 Å². The minimum absolute atomic E-state index is 0.449. The topological polar surface area (TPSA) is 61.0 Å². The summed E-state index contributed by atoms with van der Waals surface area (Å²) in [6, 6.07) is 7.92. The summed E-state index contributed by atoms with van der Waals surface area (Å²) in [6.07, 6.45) is 0. The largest absolute Gasteiger partial charge is 0.496 e. The Morgan fingerprint density at radius 3 is 2.47 bits per heavy atom. The molecule has 19 heavy (non-hydrogen) atoms. The summed E-state index contributed by atoms with van der Waals surface area (Å²) < 4.78 is 5.41. The molecule has 2 aromatic rings. The third-order valence-electron chi connectivity index (χ3n) is 3.02. The van der Waals surface area contributed by atoms with Crippen LogP contribution < -0.4 is 10.5 Å². The summed E-state index contributed by atoms with van der Waals surface area (Å²) in [7, 11) is 1.66. The molecular formula is C15H19N3O. The van der Waals surface area contributed by atoms with Crippen LogP contribution in [0.5, 0.6) is 5.75 Å². The number of ether oxygens (including phenoxy) is 1. The van der Waals surface area contributed by atoms with Gasteiger partial charge in [0.15, 0.2) is 0 Å². The lowest BCUT2D eigenvalue weighted by molar-refractivity contribution is 0.416. The van der Waals surface area contributed by atoms with Gasteiger partial charge in [-0.15, -0.1) is 0 Å². The molecule has 2 N–H and O–H groups in total. The number of methoxy groups -OCH3 is 1. The van der Waals surface area contributed by atoms with E-state index >= 15 is 0 Å². The van der Waals surface area contributed by atoms with Crippen molar-refractivity contribution in [2.45, 2.75) is 26.7 Å². The maximum atomic E-state index is 5.79. The average Bonchev–Trinajstić information content (AvgIpc) is 2.36. The Morgan fingerprint density at radius 1 is 1.16 bits per heavy atom. The van der Waals surface area contributed by atoms with E-state index < -0.39 is 0 Å².